The van der Waals surface area contributed by atoms with Gasteiger partial charge in [0.15, 0.2) is 0 Å². The quantitative estimate of drug-likeness (QED) is 0.699. The Hall–Kier alpha value is -0.0100. The molecule has 2 atom stereocenters. The van der Waals surface area contributed by atoms with E-state index < -0.39 is 0 Å². The highest BCUT2D eigenvalue weighted by Crippen LogP contribution is 2.34. The first kappa shape index (κ1) is 10.5. The van der Waals surface area contributed by atoms with Crippen molar-refractivity contribution in [2.75, 3.05) is 0 Å². The minimum absolute atomic E-state index is 0.731. The zero-order valence-corrected chi connectivity index (χ0v) is 10.4. The van der Waals surface area contributed by atoms with Gasteiger partial charge in [0.05, 0.1) is 0 Å². The minimum atomic E-state index is 0.731. The molecule has 0 aromatic heterocycles. The lowest BCUT2D eigenvalue weighted by atomic mass is 9.98. The molecule has 0 amide bonds. The van der Waals surface area contributed by atoms with Crippen LogP contribution in [0.25, 0.3) is 0 Å². The largest absolute Gasteiger partial charge is 0.0891 e. The van der Waals surface area contributed by atoms with Gasteiger partial charge >= 0.3 is 0 Å². The summed E-state index contributed by atoms with van der Waals surface area (Å²) in [5.41, 5.74) is 1.31. The Labute approximate surface area is 98.8 Å². The van der Waals surface area contributed by atoms with Crippen molar-refractivity contribution < 1.29 is 0 Å². The molecule has 76 valence electrons. The summed E-state index contributed by atoms with van der Waals surface area (Å²) in [5.74, 6) is 0.819. The Morgan fingerprint density at radius 2 is 2.07 bits per heavy atom. The van der Waals surface area contributed by atoms with Gasteiger partial charge in [-0.15, -0.1) is 0 Å². The van der Waals surface area contributed by atoms with Crippen LogP contribution in [0.3, 0.4) is 0 Å². The maximum absolute atomic E-state index is 6.13. The Morgan fingerprint density at radius 3 is 2.71 bits per heavy atom. The molecule has 1 aliphatic rings. The van der Waals surface area contributed by atoms with Crippen molar-refractivity contribution in [3.63, 3.8) is 0 Å². The molecule has 14 heavy (non-hydrogen) atoms. The molecular weight excluding hydrogens is 259 g/mol. The molecule has 2 rings (SSSR count). The molecule has 0 saturated heterocycles. The molecule has 2 heteroatoms. The first-order valence-corrected chi connectivity index (χ1v) is 6.42. The normalized spacial score (nSPS) is 26.7. The molecule has 0 bridgehead atoms. The van der Waals surface area contributed by atoms with E-state index in [1.54, 1.807) is 0 Å². The molecule has 0 nitrogen and oxygen atoms in total. The van der Waals surface area contributed by atoms with E-state index in [0.717, 1.165) is 22.2 Å². The van der Waals surface area contributed by atoms with Gasteiger partial charge in [-0.25, -0.2) is 0 Å². The predicted molar refractivity (Wildman–Crippen MR) is 65.2 cm³/mol. The lowest BCUT2D eigenvalue weighted by molar-refractivity contribution is 0.548. The first-order chi connectivity index (χ1) is 6.75. The van der Waals surface area contributed by atoms with Crippen molar-refractivity contribution >= 4 is 27.5 Å². The second-order valence-electron chi connectivity index (χ2n) is 4.07. The minimum Gasteiger partial charge on any atom is -0.0891 e. The third-order valence-electron chi connectivity index (χ3n) is 2.94. The van der Waals surface area contributed by atoms with Crippen molar-refractivity contribution in [2.45, 2.75) is 30.5 Å². The first-order valence-electron chi connectivity index (χ1n) is 5.13. The molecule has 1 aromatic carbocycles. The number of alkyl halides is 1. The van der Waals surface area contributed by atoms with E-state index in [1.165, 1.54) is 24.8 Å². The zero-order chi connectivity index (χ0) is 9.97. The standard InChI is InChI=1S/C12H14BrCl/c13-11-6-5-9(8-11)7-10-3-1-2-4-12(10)14/h1-4,9,11H,5-8H2. The molecular formula is C12H14BrCl. The van der Waals surface area contributed by atoms with Crippen LogP contribution in [0.2, 0.25) is 5.02 Å². The molecule has 0 heterocycles. The van der Waals surface area contributed by atoms with Crippen LogP contribution in [0.5, 0.6) is 0 Å². The fourth-order valence-corrected chi connectivity index (χ4v) is 3.18. The summed E-state index contributed by atoms with van der Waals surface area (Å²) in [4.78, 5) is 0.731. The van der Waals surface area contributed by atoms with E-state index in [-0.39, 0.29) is 0 Å². The van der Waals surface area contributed by atoms with E-state index in [9.17, 15) is 0 Å². The van der Waals surface area contributed by atoms with Gasteiger partial charge in [0.2, 0.25) is 0 Å². The number of rotatable bonds is 2. The van der Waals surface area contributed by atoms with Crippen LogP contribution in [0, 0.1) is 5.92 Å². The predicted octanol–water partition coefficient (Wildman–Crippen LogP) is 4.45. The van der Waals surface area contributed by atoms with Gasteiger partial charge in [-0.3, -0.25) is 0 Å². The van der Waals surface area contributed by atoms with E-state index in [2.05, 4.69) is 28.1 Å². The van der Waals surface area contributed by atoms with E-state index >= 15 is 0 Å². The molecule has 1 aromatic rings. The van der Waals surface area contributed by atoms with Gasteiger partial charge in [0.1, 0.15) is 0 Å². The number of hydrogen-bond donors (Lipinski definition) is 0. The monoisotopic (exact) mass is 272 g/mol. The van der Waals surface area contributed by atoms with Gasteiger partial charge < -0.3 is 0 Å². The van der Waals surface area contributed by atoms with Crippen molar-refractivity contribution in [2.24, 2.45) is 5.92 Å². The maximum atomic E-state index is 6.13. The summed E-state index contributed by atoms with van der Waals surface area (Å²) < 4.78 is 0. The third-order valence-corrected chi connectivity index (χ3v) is 4.14. The fraction of sp³-hybridized carbons (Fsp3) is 0.500. The van der Waals surface area contributed by atoms with Crippen molar-refractivity contribution in [3.05, 3.63) is 34.9 Å². The van der Waals surface area contributed by atoms with Crippen molar-refractivity contribution in [1.82, 2.24) is 0 Å². The highest BCUT2D eigenvalue weighted by Gasteiger charge is 2.22. The van der Waals surface area contributed by atoms with Crippen LogP contribution >= 0.6 is 27.5 Å². The Balaban J connectivity index is 2.01. The second kappa shape index (κ2) is 4.67. The highest BCUT2D eigenvalue weighted by atomic mass is 79.9. The molecule has 1 fully saturated rings. The van der Waals surface area contributed by atoms with Crippen molar-refractivity contribution in [1.29, 1.82) is 0 Å². The molecule has 0 N–H and O–H groups in total. The Bertz CT molecular complexity index is 311. The molecule has 0 spiro atoms. The van der Waals surface area contributed by atoms with Crippen LogP contribution in [-0.4, -0.2) is 4.83 Å². The molecule has 0 aliphatic heterocycles. The van der Waals surface area contributed by atoms with Crippen LogP contribution in [-0.2, 0) is 6.42 Å². The number of halogens is 2. The summed E-state index contributed by atoms with van der Waals surface area (Å²) >= 11 is 9.80. The Kier molecular flexibility index (Phi) is 3.51. The van der Waals surface area contributed by atoms with E-state index in [1.807, 2.05) is 12.1 Å². The van der Waals surface area contributed by atoms with Gasteiger partial charge in [0.25, 0.3) is 0 Å². The third kappa shape index (κ3) is 2.52. The molecule has 1 aliphatic carbocycles. The smallest absolute Gasteiger partial charge is 0.0438 e. The van der Waals surface area contributed by atoms with Crippen LogP contribution in [0.15, 0.2) is 24.3 Å². The molecule has 1 saturated carbocycles. The fourth-order valence-electron chi connectivity index (χ4n) is 2.17. The van der Waals surface area contributed by atoms with Crippen LogP contribution in [0.4, 0.5) is 0 Å². The summed E-state index contributed by atoms with van der Waals surface area (Å²) in [6.07, 6.45) is 5.09. The van der Waals surface area contributed by atoms with Gasteiger partial charge in [-0.2, -0.15) is 0 Å². The van der Waals surface area contributed by atoms with Gasteiger partial charge in [-0.1, -0.05) is 45.7 Å². The Morgan fingerprint density at radius 1 is 1.29 bits per heavy atom. The SMILES string of the molecule is Clc1ccccc1CC1CCC(Br)C1. The number of hydrogen-bond acceptors (Lipinski definition) is 0. The topological polar surface area (TPSA) is 0 Å². The highest BCUT2D eigenvalue weighted by molar-refractivity contribution is 9.09. The van der Waals surface area contributed by atoms with E-state index in [4.69, 9.17) is 11.6 Å². The summed E-state index contributed by atoms with van der Waals surface area (Å²) in [6.45, 7) is 0. The lowest BCUT2D eigenvalue weighted by Crippen LogP contribution is -2.00. The van der Waals surface area contributed by atoms with E-state index in [0.29, 0.717) is 0 Å². The molecule has 2 unspecified atom stereocenters. The maximum Gasteiger partial charge on any atom is 0.0438 e. The van der Waals surface area contributed by atoms with Crippen LogP contribution < -0.4 is 0 Å². The summed E-state index contributed by atoms with van der Waals surface area (Å²) in [7, 11) is 0. The second-order valence-corrected chi connectivity index (χ2v) is 5.77. The lowest BCUT2D eigenvalue weighted by Gasteiger charge is -2.10. The van der Waals surface area contributed by atoms with Gasteiger partial charge in [-0.05, 0) is 43.2 Å². The molecule has 0 radical (unpaired) electrons. The summed E-state index contributed by atoms with van der Waals surface area (Å²) in [6, 6.07) is 8.19. The van der Waals surface area contributed by atoms with Crippen molar-refractivity contribution in [3.8, 4) is 0 Å². The average Bonchev–Trinajstić information content (AvgIpc) is 2.56. The zero-order valence-electron chi connectivity index (χ0n) is 8.05. The summed E-state index contributed by atoms with van der Waals surface area (Å²) in [5, 5.41) is 0.922. The number of benzene rings is 1. The van der Waals surface area contributed by atoms with Crippen LogP contribution in [0.1, 0.15) is 24.8 Å². The average molecular weight is 274 g/mol. The van der Waals surface area contributed by atoms with Gasteiger partial charge in [0, 0.05) is 9.85 Å².